The summed E-state index contributed by atoms with van der Waals surface area (Å²) in [6.45, 7) is 6.35. The fourth-order valence-corrected chi connectivity index (χ4v) is 4.77. The summed E-state index contributed by atoms with van der Waals surface area (Å²) < 4.78 is 1.75. The summed E-state index contributed by atoms with van der Waals surface area (Å²) in [5.41, 5.74) is 4.33. The van der Waals surface area contributed by atoms with Gasteiger partial charge in [-0.2, -0.15) is 10.2 Å². The number of nitrogens with one attached hydrogen (secondary N) is 3. The van der Waals surface area contributed by atoms with Crippen molar-refractivity contribution in [2.45, 2.75) is 25.5 Å². The van der Waals surface area contributed by atoms with Crippen LogP contribution in [0, 0.1) is 0 Å². The molecule has 34 heavy (non-hydrogen) atoms. The van der Waals surface area contributed by atoms with Crippen molar-refractivity contribution in [1.82, 2.24) is 25.3 Å². The molecule has 0 bridgehead atoms. The SMILES string of the molecule is C=CCNC1CCN(c2ccc(C(=O)Nc3cc(CO)c4[nH]ncc4c3)c3nn(C)cc23)CC1. The second-order valence-corrected chi connectivity index (χ2v) is 8.74. The number of hydrogen-bond acceptors (Lipinski definition) is 6. The van der Waals surface area contributed by atoms with Crippen LogP contribution in [0.25, 0.3) is 21.8 Å². The highest BCUT2D eigenvalue weighted by Crippen LogP contribution is 2.31. The number of aromatic nitrogens is 4. The van der Waals surface area contributed by atoms with Gasteiger partial charge in [-0.15, -0.1) is 6.58 Å². The number of piperidine rings is 1. The number of carbonyl (C=O) groups is 1. The van der Waals surface area contributed by atoms with E-state index in [1.807, 2.05) is 37.5 Å². The lowest BCUT2D eigenvalue weighted by Gasteiger charge is -2.34. The number of aliphatic hydroxyl groups excluding tert-OH is 1. The zero-order valence-corrected chi connectivity index (χ0v) is 19.2. The van der Waals surface area contributed by atoms with Crippen molar-refractivity contribution < 1.29 is 9.90 Å². The third-order valence-corrected chi connectivity index (χ3v) is 6.46. The number of nitrogens with zero attached hydrogens (tertiary/aromatic N) is 4. The largest absolute Gasteiger partial charge is 0.392 e. The van der Waals surface area contributed by atoms with Crippen molar-refractivity contribution in [3.63, 3.8) is 0 Å². The lowest BCUT2D eigenvalue weighted by atomic mass is 10.0. The number of aliphatic hydroxyl groups is 1. The number of aromatic amines is 1. The van der Waals surface area contributed by atoms with E-state index in [-0.39, 0.29) is 12.5 Å². The van der Waals surface area contributed by atoms with Gasteiger partial charge in [-0.3, -0.25) is 14.6 Å². The number of rotatable bonds is 7. The van der Waals surface area contributed by atoms with Crippen LogP contribution in [0.15, 0.2) is 49.3 Å². The van der Waals surface area contributed by atoms with Gasteiger partial charge in [-0.1, -0.05) is 6.08 Å². The Hall–Kier alpha value is -3.69. The molecule has 1 amide bonds. The Kier molecular flexibility index (Phi) is 6.04. The number of aryl methyl sites for hydroxylation is 1. The van der Waals surface area contributed by atoms with Gasteiger partial charge in [0.1, 0.15) is 5.52 Å². The first-order valence-corrected chi connectivity index (χ1v) is 11.5. The number of hydrogen-bond donors (Lipinski definition) is 4. The summed E-state index contributed by atoms with van der Waals surface area (Å²) in [6, 6.07) is 7.97. The molecule has 176 valence electrons. The molecule has 0 unspecified atom stereocenters. The molecule has 0 atom stereocenters. The molecule has 1 fully saturated rings. The molecule has 4 aromatic rings. The molecule has 2 aromatic carbocycles. The molecule has 0 radical (unpaired) electrons. The molecule has 3 heterocycles. The van der Waals surface area contributed by atoms with Crippen LogP contribution in [0.2, 0.25) is 0 Å². The minimum atomic E-state index is -0.241. The predicted octanol–water partition coefficient (Wildman–Crippen LogP) is 2.94. The summed E-state index contributed by atoms with van der Waals surface area (Å²) in [5, 5.41) is 29.5. The molecule has 0 spiro atoms. The van der Waals surface area contributed by atoms with Crippen LogP contribution in [0.4, 0.5) is 11.4 Å². The molecule has 9 heteroatoms. The first-order valence-electron chi connectivity index (χ1n) is 11.5. The second-order valence-electron chi connectivity index (χ2n) is 8.74. The normalized spacial score (nSPS) is 14.7. The fourth-order valence-electron chi connectivity index (χ4n) is 4.77. The summed E-state index contributed by atoms with van der Waals surface area (Å²) in [7, 11) is 1.87. The van der Waals surface area contributed by atoms with Gasteiger partial charge >= 0.3 is 0 Å². The van der Waals surface area contributed by atoms with E-state index in [1.54, 1.807) is 16.9 Å². The van der Waals surface area contributed by atoms with E-state index in [2.05, 4.69) is 37.4 Å². The Morgan fingerprint density at radius 3 is 2.91 bits per heavy atom. The zero-order valence-electron chi connectivity index (χ0n) is 19.2. The minimum Gasteiger partial charge on any atom is -0.392 e. The number of amides is 1. The Balaban J connectivity index is 1.41. The van der Waals surface area contributed by atoms with Crippen molar-refractivity contribution in [1.29, 1.82) is 0 Å². The Bertz CT molecular complexity index is 1350. The van der Waals surface area contributed by atoms with Crippen molar-refractivity contribution >= 4 is 39.1 Å². The fraction of sp³-hybridized carbons (Fsp3) is 0.320. The quantitative estimate of drug-likeness (QED) is 0.316. The first kappa shape index (κ1) is 22.1. The molecule has 2 aromatic heterocycles. The maximum Gasteiger partial charge on any atom is 0.257 e. The van der Waals surface area contributed by atoms with E-state index in [9.17, 15) is 9.90 Å². The average molecular weight is 460 g/mol. The number of H-pyrrole nitrogens is 1. The van der Waals surface area contributed by atoms with E-state index in [0.717, 1.165) is 54.5 Å². The summed E-state index contributed by atoms with van der Waals surface area (Å²) >= 11 is 0. The van der Waals surface area contributed by atoms with Crippen molar-refractivity contribution in [2.24, 2.45) is 7.05 Å². The summed E-state index contributed by atoms with van der Waals surface area (Å²) in [5.74, 6) is -0.241. The maximum atomic E-state index is 13.3. The molecule has 0 aliphatic carbocycles. The molecule has 1 saturated heterocycles. The van der Waals surface area contributed by atoms with Crippen LogP contribution in [0.3, 0.4) is 0 Å². The molecular weight excluding hydrogens is 430 g/mol. The monoisotopic (exact) mass is 459 g/mol. The third kappa shape index (κ3) is 4.15. The van der Waals surface area contributed by atoms with Crippen LogP contribution in [0.5, 0.6) is 0 Å². The van der Waals surface area contributed by atoms with Crippen molar-refractivity contribution in [2.75, 3.05) is 29.9 Å². The van der Waals surface area contributed by atoms with Gasteiger partial charge in [0.05, 0.1) is 23.9 Å². The number of fused-ring (bicyclic) bond motifs is 2. The lowest BCUT2D eigenvalue weighted by molar-refractivity contribution is 0.102. The molecule has 1 aliphatic heterocycles. The standard InChI is InChI=1S/C25H29N7O2/c1-3-8-26-18-6-9-32(10-7-18)22-5-4-20(24-21(22)14-31(2)30-24)25(34)28-19-11-16-13-27-29-23(16)17(12-19)15-33/h3-5,11-14,18,26,33H,1,6-10,15H2,2H3,(H,27,29)(H,28,34). The van der Waals surface area contributed by atoms with Crippen LogP contribution in [-0.2, 0) is 13.7 Å². The van der Waals surface area contributed by atoms with E-state index in [4.69, 9.17) is 0 Å². The minimum absolute atomic E-state index is 0.151. The Labute approximate surface area is 197 Å². The second kappa shape index (κ2) is 9.28. The Morgan fingerprint density at radius 1 is 1.32 bits per heavy atom. The predicted molar refractivity (Wildman–Crippen MR) is 134 cm³/mol. The topological polar surface area (TPSA) is 111 Å². The highest BCUT2D eigenvalue weighted by Gasteiger charge is 2.23. The van der Waals surface area contributed by atoms with E-state index in [1.165, 1.54) is 0 Å². The highest BCUT2D eigenvalue weighted by atomic mass is 16.3. The van der Waals surface area contributed by atoms with Crippen LogP contribution >= 0.6 is 0 Å². The van der Waals surface area contributed by atoms with E-state index in [0.29, 0.717) is 28.4 Å². The number of benzene rings is 2. The third-order valence-electron chi connectivity index (χ3n) is 6.46. The van der Waals surface area contributed by atoms with E-state index < -0.39 is 0 Å². The highest BCUT2D eigenvalue weighted by molar-refractivity contribution is 6.14. The van der Waals surface area contributed by atoms with Gasteiger partial charge in [0.15, 0.2) is 0 Å². The lowest BCUT2D eigenvalue weighted by Crippen LogP contribution is -2.42. The van der Waals surface area contributed by atoms with Gasteiger partial charge in [0, 0.05) is 66.6 Å². The van der Waals surface area contributed by atoms with Crippen molar-refractivity contribution in [3.8, 4) is 0 Å². The van der Waals surface area contributed by atoms with Gasteiger partial charge in [-0.05, 0) is 37.1 Å². The van der Waals surface area contributed by atoms with Crippen LogP contribution < -0.4 is 15.5 Å². The van der Waals surface area contributed by atoms with Crippen LogP contribution in [-0.4, -0.2) is 56.7 Å². The maximum absolute atomic E-state index is 13.3. The summed E-state index contributed by atoms with van der Waals surface area (Å²) in [4.78, 5) is 15.6. The molecule has 0 saturated carbocycles. The number of anilines is 2. The van der Waals surface area contributed by atoms with Gasteiger partial charge in [-0.25, -0.2) is 0 Å². The van der Waals surface area contributed by atoms with E-state index >= 15 is 0 Å². The van der Waals surface area contributed by atoms with Gasteiger partial charge < -0.3 is 20.6 Å². The molecule has 1 aliphatic rings. The van der Waals surface area contributed by atoms with Crippen molar-refractivity contribution in [3.05, 3.63) is 60.4 Å². The molecule has 4 N–H and O–H groups in total. The Morgan fingerprint density at radius 2 is 2.15 bits per heavy atom. The van der Waals surface area contributed by atoms with Gasteiger partial charge in [0.25, 0.3) is 5.91 Å². The van der Waals surface area contributed by atoms with Gasteiger partial charge in [0.2, 0.25) is 0 Å². The zero-order chi connectivity index (χ0) is 23.7. The molecule has 5 rings (SSSR count). The summed E-state index contributed by atoms with van der Waals surface area (Å²) in [6.07, 6.45) is 7.66. The molecular formula is C25H29N7O2. The average Bonchev–Trinajstić information content (AvgIpc) is 3.48. The molecule has 9 nitrogen and oxygen atoms in total. The number of carbonyl (C=O) groups excluding carboxylic acids is 1. The van der Waals surface area contributed by atoms with Crippen LogP contribution in [0.1, 0.15) is 28.8 Å². The smallest absolute Gasteiger partial charge is 0.257 e. The first-order chi connectivity index (χ1) is 16.6.